The molecule has 5 heteroatoms. The minimum absolute atomic E-state index is 0.203. The number of benzene rings is 1. The van der Waals surface area contributed by atoms with E-state index in [0.29, 0.717) is 24.5 Å². The molecule has 5 nitrogen and oxygen atoms in total. The maximum absolute atomic E-state index is 12.0. The van der Waals surface area contributed by atoms with Gasteiger partial charge in [0.15, 0.2) is 6.29 Å². The third kappa shape index (κ3) is 4.83. The Kier molecular flexibility index (Phi) is 6.38. The summed E-state index contributed by atoms with van der Waals surface area (Å²) in [5.41, 5.74) is 0.527. The minimum atomic E-state index is -0.405. The number of nitriles is 1. The van der Waals surface area contributed by atoms with E-state index in [1.54, 1.807) is 24.3 Å². The van der Waals surface area contributed by atoms with Gasteiger partial charge in [0.1, 0.15) is 11.7 Å². The number of esters is 1. The average Bonchev–Trinajstić information content (AvgIpc) is 2.56. The topological polar surface area (TPSA) is 68.5 Å². The monoisotopic (exact) mass is 303 g/mol. The Morgan fingerprint density at radius 3 is 2.55 bits per heavy atom. The molecule has 1 fully saturated rings. The average molecular weight is 303 g/mol. The van der Waals surface area contributed by atoms with Crippen LogP contribution in [0.4, 0.5) is 0 Å². The van der Waals surface area contributed by atoms with Gasteiger partial charge in [0.25, 0.3) is 0 Å². The molecule has 0 aliphatic carbocycles. The first-order valence-electron chi connectivity index (χ1n) is 7.68. The number of ether oxygens (including phenoxy) is 3. The molecule has 0 saturated carbocycles. The molecule has 0 atom stereocenters. The summed E-state index contributed by atoms with van der Waals surface area (Å²) in [5.74, 6) is -0.344. The zero-order valence-electron chi connectivity index (χ0n) is 12.8. The van der Waals surface area contributed by atoms with Crippen molar-refractivity contribution in [3.63, 3.8) is 0 Å². The predicted molar refractivity (Wildman–Crippen MR) is 80.1 cm³/mol. The summed E-state index contributed by atoms with van der Waals surface area (Å²) in [7, 11) is 0. The van der Waals surface area contributed by atoms with E-state index in [9.17, 15) is 4.79 Å². The summed E-state index contributed by atoms with van der Waals surface area (Å²) in [6.07, 6.45) is 4.05. The highest BCUT2D eigenvalue weighted by molar-refractivity contribution is 5.75. The molecular formula is C17H21NO4. The summed E-state index contributed by atoms with van der Waals surface area (Å²) in [5, 5.41) is 8.73. The maximum atomic E-state index is 12.0. The van der Waals surface area contributed by atoms with Crippen LogP contribution in [0.25, 0.3) is 0 Å². The standard InChI is InChI=1S/C17H21NO4/c1-2-3-4-5-16-20-11-14(12-21-16)17(19)22-15-8-6-13(10-18)7-9-15/h6-9,14,16H,2-5,11-12H2,1H3. The molecule has 0 N–H and O–H groups in total. The molecular weight excluding hydrogens is 282 g/mol. The van der Waals surface area contributed by atoms with Crippen molar-refractivity contribution in [2.75, 3.05) is 13.2 Å². The summed E-state index contributed by atoms with van der Waals surface area (Å²) < 4.78 is 16.4. The van der Waals surface area contributed by atoms with Crippen LogP contribution in [0.2, 0.25) is 0 Å². The van der Waals surface area contributed by atoms with E-state index in [1.807, 2.05) is 6.07 Å². The molecule has 1 aromatic carbocycles. The van der Waals surface area contributed by atoms with Crippen LogP contribution >= 0.6 is 0 Å². The molecule has 0 bridgehead atoms. The maximum Gasteiger partial charge on any atom is 0.319 e. The van der Waals surface area contributed by atoms with Crippen molar-refractivity contribution in [3.05, 3.63) is 29.8 Å². The van der Waals surface area contributed by atoms with Crippen molar-refractivity contribution >= 4 is 5.97 Å². The Hall–Kier alpha value is -1.90. The molecule has 1 aliphatic heterocycles. The van der Waals surface area contributed by atoms with Crippen LogP contribution in [0.3, 0.4) is 0 Å². The Bertz CT molecular complexity index is 512. The van der Waals surface area contributed by atoms with Crippen LogP contribution in [0.5, 0.6) is 5.75 Å². The number of hydrogen-bond acceptors (Lipinski definition) is 5. The van der Waals surface area contributed by atoms with Gasteiger partial charge in [-0.1, -0.05) is 19.8 Å². The normalized spacial score (nSPS) is 21.1. The highest BCUT2D eigenvalue weighted by Crippen LogP contribution is 2.19. The summed E-state index contributed by atoms with van der Waals surface area (Å²) in [6.45, 7) is 2.80. The van der Waals surface area contributed by atoms with Crippen LogP contribution in [-0.2, 0) is 14.3 Å². The molecule has 1 heterocycles. The second-order valence-corrected chi connectivity index (χ2v) is 5.35. The molecule has 0 amide bonds. The largest absolute Gasteiger partial charge is 0.426 e. The molecule has 0 unspecified atom stereocenters. The van der Waals surface area contributed by atoms with Crippen LogP contribution in [0.15, 0.2) is 24.3 Å². The number of carbonyl (C=O) groups excluding carboxylic acids is 1. The Labute approximate surface area is 130 Å². The fourth-order valence-corrected chi connectivity index (χ4v) is 2.20. The molecule has 118 valence electrons. The second-order valence-electron chi connectivity index (χ2n) is 5.35. The highest BCUT2D eigenvalue weighted by atomic mass is 16.7. The molecule has 1 saturated heterocycles. The first-order valence-corrected chi connectivity index (χ1v) is 7.68. The Balaban J connectivity index is 1.76. The van der Waals surface area contributed by atoms with Gasteiger partial charge in [-0.3, -0.25) is 4.79 Å². The van der Waals surface area contributed by atoms with Crippen LogP contribution in [0.1, 0.15) is 38.2 Å². The third-order valence-corrected chi connectivity index (χ3v) is 3.55. The van der Waals surface area contributed by atoms with Crippen LogP contribution in [-0.4, -0.2) is 25.5 Å². The lowest BCUT2D eigenvalue weighted by atomic mass is 10.1. The first-order chi connectivity index (χ1) is 10.7. The zero-order chi connectivity index (χ0) is 15.8. The van der Waals surface area contributed by atoms with Gasteiger partial charge in [-0.15, -0.1) is 0 Å². The summed E-state index contributed by atoms with van der Waals surface area (Å²) >= 11 is 0. The van der Waals surface area contributed by atoms with E-state index in [-0.39, 0.29) is 12.3 Å². The van der Waals surface area contributed by atoms with E-state index < -0.39 is 5.92 Å². The fraction of sp³-hybridized carbons (Fsp3) is 0.529. The number of nitrogens with zero attached hydrogens (tertiary/aromatic N) is 1. The van der Waals surface area contributed by atoms with Gasteiger partial charge < -0.3 is 14.2 Å². The number of carbonyl (C=O) groups is 1. The van der Waals surface area contributed by atoms with E-state index >= 15 is 0 Å². The van der Waals surface area contributed by atoms with Crippen molar-refractivity contribution in [1.82, 2.24) is 0 Å². The van der Waals surface area contributed by atoms with E-state index in [1.165, 1.54) is 0 Å². The third-order valence-electron chi connectivity index (χ3n) is 3.55. The van der Waals surface area contributed by atoms with E-state index in [0.717, 1.165) is 25.7 Å². The van der Waals surface area contributed by atoms with E-state index in [2.05, 4.69) is 6.92 Å². The molecule has 22 heavy (non-hydrogen) atoms. The smallest absolute Gasteiger partial charge is 0.319 e. The van der Waals surface area contributed by atoms with Crippen LogP contribution in [0, 0.1) is 17.2 Å². The lowest BCUT2D eigenvalue weighted by molar-refractivity contribution is -0.208. The zero-order valence-corrected chi connectivity index (χ0v) is 12.8. The number of hydrogen-bond donors (Lipinski definition) is 0. The number of rotatable bonds is 6. The molecule has 0 aromatic heterocycles. The van der Waals surface area contributed by atoms with Gasteiger partial charge in [-0.2, -0.15) is 5.26 Å². The predicted octanol–water partition coefficient (Wildman–Crippen LogP) is 3.03. The summed E-state index contributed by atoms with van der Waals surface area (Å²) in [4.78, 5) is 12.0. The molecule has 2 rings (SSSR count). The second kappa shape index (κ2) is 8.52. The Morgan fingerprint density at radius 2 is 1.95 bits per heavy atom. The van der Waals surface area contributed by atoms with Gasteiger partial charge in [-0.25, -0.2) is 0 Å². The fourth-order valence-electron chi connectivity index (χ4n) is 2.20. The van der Waals surface area contributed by atoms with Crippen molar-refractivity contribution < 1.29 is 19.0 Å². The minimum Gasteiger partial charge on any atom is -0.426 e. The first kappa shape index (κ1) is 16.5. The van der Waals surface area contributed by atoms with Gasteiger partial charge >= 0.3 is 5.97 Å². The SMILES string of the molecule is CCCCCC1OCC(C(=O)Oc2ccc(C#N)cc2)CO1. The molecule has 0 radical (unpaired) electrons. The molecule has 0 spiro atoms. The number of unbranched alkanes of at least 4 members (excludes halogenated alkanes) is 2. The molecule has 1 aromatic rings. The van der Waals surface area contributed by atoms with E-state index in [4.69, 9.17) is 19.5 Å². The van der Waals surface area contributed by atoms with Crippen LogP contribution < -0.4 is 4.74 Å². The summed E-state index contributed by atoms with van der Waals surface area (Å²) in [6, 6.07) is 8.45. The van der Waals surface area contributed by atoms with Crippen molar-refractivity contribution in [2.45, 2.75) is 38.9 Å². The Morgan fingerprint density at radius 1 is 1.27 bits per heavy atom. The lowest BCUT2D eigenvalue weighted by Crippen LogP contribution is -2.38. The lowest BCUT2D eigenvalue weighted by Gasteiger charge is -2.28. The molecule has 1 aliphatic rings. The highest BCUT2D eigenvalue weighted by Gasteiger charge is 2.28. The van der Waals surface area contributed by atoms with Gasteiger partial charge in [0.2, 0.25) is 0 Å². The van der Waals surface area contributed by atoms with Crippen molar-refractivity contribution in [2.24, 2.45) is 5.92 Å². The van der Waals surface area contributed by atoms with Crippen molar-refractivity contribution in [1.29, 1.82) is 5.26 Å². The van der Waals surface area contributed by atoms with Gasteiger partial charge in [-0.05, 0) is 37.1 Å². The van der Waals surface area contributed by atoms with Gasteiger partial charge in [0.05, 0.1) is 24.8 Å². The van der Waals surface area contributed by atoms with Crippen molar-refractivity contribution in [3.8, 4) is 11.8 Å². The quantitative estimate of drug-likeness (QED) is 0.459. The van der Waals surface area contributed by atoms with Gasteiger partial charge in [0, 0.05) is 0 Å².